The fourth-order valence-corrected chi connectivity index (χ4v) is 1.85. The molecule has 0 fully saturated rings. The molecule has 0 heterocycles. The second-order valence-electron chi connectivity index (χ2n) is 4.86. The normalized spacial score (nSPS) is 10.3. The molecule has 0 bridgehead atoms. The van der Waals surface area contributed by atoms with E-state index in [1.165, 1.54) is 0 Å². The highest BCUT2D eigenvalue weighted by Crippen LogP contribution is 2.19. The number of rotatable bonds is 5. The Kier molecular flexibility index (Phi) is 4.74. The van der Waals surface area contributed by atoms with Crippen LogP contribution in [0.5, 0.6) is 0 Å². The Hall–Kier alpha value is -2.33. The molecule has 0 radical (unpaired) electrons. The van der Waals surface area contributed by atoms with Crippen molar-refractivity contribution in [3.8, 4) is 0 Å². The van der Waals surface area contributed by atoms with Gasteiger partial charge in [-0.25, -0.2) is 0 Å². The number of para-hydroxylation sites is 1. The predicted octanol–water partition coefficient (Wildman–Crippen LogP) is 2.93. The van der Waals surface area contributed by atoms with Gasteiger partial charge in [0.15, 0.2) is 0 Å². The Morgan fingerprint density at radius 2 is 1.60 bits per heavy atom. The zero-order valence-corrected chi connectivity index (χ0v) is 11.8. The quantitative estimate of drug-likeness (QED) is 0.877. The van der Waals surface area contributed by atoms with Gasteiger partial charge in [0.1, 0.15) is 0 Å². The highest BCUT2D eigenvalue weighted by molar-refractivity contribution is 5.92. The summed E-state index contributed by atoms with van der Waals surface area (Å²) in [6, 6.07) is 17.6. The molecule has 0 spiro atoms. The topological polar surface area (TPSA) is 44.4 Å². The van der Waals surface area contributed by atoms with Crippen LogP contribution >= 0.6 is 0 Å². The van der Waals surface area contributed by atoms with Crippen LogP contribution in [-0.2, 0) is 4.79 Å². The van der Waals surface area contributed by atoms with Crippen LogP contribution in [0.2, 0.25) is 0 Å². The van der Waals surface area contributed by atoms with Crippen molar-refractivity contribution in [1.82, 2.24) is 4.90 Å². The summed E-state index contributed by atoms with van der Waals surface area (Å²) in [5.41, 5.74) is 2.75. The van der Waals surface area contributed by atoms with E-state index in [1.54, 1.807) is 0 Å². The van der Waals surface area contributed by atoms with Crippen LogP contribution in [0.15, 0.2) is 54.6 Å². The SMILES string of the molecule is CN(C)CC(=O)Nc1cccc(Nc2ccccc2)c1. The maximum atomic E-state index is 11.7. The van der Waals surface area contributed by atoms with Gasteiger partial charge in [0.2, 0.25) is 5.91 Å². The number of hydrogen-bond donors (Lipinski definition) is 2. The molecule has 20 heavy (non-hydrogen) atoms. The van der Waals surface area contributed by atoms with Gasteiger partial charge < -0.3 is 15.5 Å². The van der Waals surface area contributed by atoms with Gasteiger partial charge in [0.05, 0.1) is 6.54 Å². The molecule has 4 nitrogen and oxygen atoms in total. The second-order valence-corrected chi connectivity index (χ2v) is 4.86. The van der Waals surface area contributed by atoms with Crippen molar-refractivity contribution in [1.29, 1.82) is 0 Å². The molecule has 4 heteroatoms. The van der Waals surface area contributed by atoms with Crippen LogP contribution in [0.4, 0.5) is 17.1 Å². The first-order chi connectivity index (χ1) is 9.63. The van der Waals surface area contributed by atoms with Gasteiger partial charge in [0.25, 0.3) is 0 Å². The van der Waals surface area contributed by atoms with Gasteiger partial charge >= 0.3 is 0 Å². The fourth-order valence-electron chi connectivity index (χ4n) is 1.85. The predicted molar refractivity (Wildman–Crippen MR) is 83.4 cm³/mol. The average Bonchev–Trinajstić information content (AvgIpc) is 2.39. The summed E-state index contributed by atoms with van der Waals surface area (Å²) >= 11 is 0. The first-order valence-corrected chi connectivity index (χ1v) is 6.50. The number of anilines is 3. The summed E-state index contributed by atoms with van der Waals surface area (Å²) in [4.78, 5) is 13.6. The van der Waals surface area contributed by atoms with Crippen LogP contribution in [0.3, 0.4) is 0 Å². The van der Waals surface area contributed by atoms with E-state index >= 15 is 0 Å². The van der Waals surface area contributed by atoms with Crippen molar-refractivity contribution < 1.29 is 4.79 Å². The third-order valence-electron chi connectivity index (χ3n) is 2.67. The van der Waals surface area contributed by atoms with E-state index in [1.807, 2.05) is 73.6 Å². The minimum absolute atomic E-state index is 0.0214. The zero-order chi connectivity index (χ0) is 14.4. The first kappa shape index (κ1) is 14.1. The minimum Gasteiger partial charge on any atom is -0.355 e. The van der Waals surface area contributed by atoms with E-state index in [4.69, 9.17) is 0 Å². The molecule has 2 N–H and O–H groups in total. The minimum atomic E-state index is -0.0214. The Morgan fingerprint density at radius 3 is 2.30 bits per heavy atom. The van der Waals surface area contributed by atoms with E-state index in [0.29, 0.717) is 6.54 Å². The third kappa shape index (κ3) is 4.40. The molecule has 0 saturated carbocycles. The van der Waals surface area contributed by atoms with Crippen molar-refractivity contribution in [2.45, 2.75) is 0 Å². The Balaban J connectivity index is 2.03. The molecular weight excluding hydrogens is 250 g/mol. The lowest BCUT2D eigenvalue weighted by Crippen LogP contribution is -2.27. The lowest BCUT2D eigenvalue weighted by Gasteiger charge is -2.12. The maximum Gasteiger partial charge on any atom is 0.238 e. The van der Waals surface area contributed by atoms with Gasteiger partial charge in [-0.05, 0) is 44.4 Å². The van der Waals surface area contributed by atoms with E-state index in [2.05, 4.69) is 10.6 Å². The number of benzene rings is 2. The summed E-state index contributed by atoms with van der Waals surface area (Å²) in [5.74, 6) is -0.0214. The molecule has 0 unspecified atom stereocenters. The molecule has 104 valence electrons. The second kappa shape index (κ2) is 6.73. The number of nitrogens with one attached hydrogen (secondary N) is 2. The number of likely N-dealkylation sites (N-methyl/N-ethyl adjacent to an activating group) is 1. The van der Waals surface area contributed by atoms with Crippen molar-refractivity contribution in [2.24, 2.45) is 0 Å². The summed E-state index contributed by atoms with van der Waals surface area (Å²) in [7, 11) is 3.74. The Bertz CT molecular complexity index is 567. The number of hydrogen-bond acceptors (Lipinski definition) is 3. The van der Waals surface area contributed by atoms with Gasteiger partial charge in [-0.15, -0.1) is 0 Å². The smallest absolute Gasteiger partial charge is 0.238 e. The molecule has 0 saturated heterocycles. The number of carbonyl (C=O) groups is 1. The number of carbonyl (C=O) groups excluding carboxylic acids is 1. The van der Waals surface area contributed by atoms with Crippen LogP contribution in [-0.4, -0.2) is 31.4 Å². The van der Waals surface area contributed by atoms with E-state index in [-0.39, 0.29) is 5.91 Å². The van der Waals surface area contributed by atoms with Crippen LogP contribution < -0.4 is 10.6 Å². The monoisotopic (exact) mass is 269 g/mol. The zero-order valence-electron chi connectivity index (χ0n) is 11.8. The third-order valence-corrected chi connectivity index (χ3v) is 2.67. The molecule has 0 aliphatic heterocycles. The van der Waals surface area contributed by atoms with E-state index < -0.39 is 0 Å². The van der Waals surface area contributed by atoms with Gasteiger partial charge in [-0.3, -0.25) is 4.79 Å². The molecule has 0 aliphatic rings. The maximum absolute atomic E-state index is 11.7. The van der Waals surface area contributed by atoms with Crippen molar-refractivity contribution >= 4 is 23.0 Å². The number of nitrogens with zero attached hydrogens (tertiary/aromatic N) is 1. The average molecular weight is 269 g/mol. The lowest BCUT2D eigenvalue weighted by atomic mass is 10.2. The Morgan fingerprint density at radius 1 is 0.950 bits per heavy atom. The van der Waals surface area contributed by atoms with Gasteiger partial charge in [-0.2, -0.15) is 0 Å². The van der Waals surface area contributed by atoms with Crippen molar-refractivity contribution in [3.63, 3.8) is 0 Å². The van der Waals surface area contributed by atoms with Crippen LogP contribution in [0.25, 0.3) is 0 Å². The largest absolute Gasteiger partial charge is 0.355 e. The highest BCUT2D eigenvalue weighted by Gasteiger charge is 2.04. The van der Waals surface area contributed by atoms with Crippen molar-refractivity contribution in [2.75, 3.05) is 31.3 Å². The van der Waals surface area contributed by atoms with Crippen LogP contribution in [0, 0.1) is 0 Å². The molecule has 2 aromatic carbocycles. The molecule has 2 rings (SSSR count). The summed E-state index contributed by atoms with van der Waals surface area (Å²) < 4.78 is 0. The van der Waals surface area contributed by atoms with E-state index in [9.17, 15) is 4.79 Å². The highest BCUT2D eigenvalue weighted by atomic mass is 16.2. The fraction of sp³-hybridized carbons (Fsp3) is 0.188. The summed E-state index contributed by atoms with van der Waals surface area (Å²) in [5, 5.41) is 6.18. The number of amides is 1. The van der Waals surface area contributed by atoms with Crippen molar-refractivity contribution in [3.05, 3.63) is 54.6 Å². The van der Waals surface area contributed by atoms with E-state index in [0.717, 1.165) is 17.1 Å². The summed E-state index contributed by atoms with van der Waals surface area (Å²) in [6.07, 6.45) is 0. The molecule has 0 aliphatic carbocycles. The summed E-state index contributed by atoms with van der Waals surface area (Å²) in [6.45, 7) is 0.371. The molecular formula is C16H19N3O. The lowest BCUT2D eigenvalue weighted by molar-refractivity contribution is -0.116. The Labute approximate surface area is 119 Å². The van der Waals surface area contributed by atoms with Gasteiger partial charge in [-0.1, -0.05) is 24.3 Å². The molecule has 0 aromatic heterocycles. The van der Waals surface area contributed by atoms with Gasteiger partial charge in [0, 0.05) is 17.1 Å². The first-order valence-electron chi connectivity index (χ1n) is 6.50. The van der Waals surface area contributed by atoms with Crippen LogP contribution in [0.1, 0.15) is 0 Å². The molecule has 0 atom stereocenters. The standard InChI is InChI=1S/C16H19N3O/c1-19(2)12-16(20)18-15-10-6-9-14(11-15)17-13-7-4-3-5-8-13/h3-11,17H,12H2,1-2H3,(H,18,20). The molecule has 2 aromatic rings. The molecule has 1 amide bonds.